The Morgan fingerprint density at radius 2 is 2.22 bits per heavy atom. The zero-order valence-corrected chi connectivity index (χ0v) is 11.5. The van der Waals surface area contributed by atoms with Gasteiger partial charge in [0.1, 0.15) is 5.82 Å². The minimum Gasteiger partial charge on any atom is -0.397 e. The summed E-state index contributed by atoms with van der Waals surface area (Å²) in [6, 6.07) is 3.73. The van der Waals surface area contributed by atoms with Gasteiger partial charge in [0.2, 0.25) is 0 Å². The van der Waals surface area contributed by atoms with E-state index < -0.39 is 5.82 Å². The van der Waals surface area contributed by atoms with E-state index in [0.29, 0.717) is 17.8 Å². The van der Waals surface area contributed by atoms with E-state index in [1.807, 2.05) is 0 Å². The highest BCUT2D eigenvalue weighted by molar-refractivity contribution is 6.31. The first-order valence-corrected chi connectivity index (χ1v) is 6.56. The summed E-state index contributed by atoms with van der Waals surface area (Å²) in [6.45, 7) is 3.25. The third-order valence-electron chi connectivity index (χ3n) is 3.66. The molecule has 5 heteroatoms. The molecule has 1 saturated heterocycles. The highest BCUT2D eigenvalue weighted by Gasteiger charge is 2.23. The summed E-state index contributed by atoms with van der Waals surface area (Å²) in [6.07, 6.45) is 2.10. The number of hydrogen-bond donors (Lipinski definition) is 2. The molecule has 0 aliphatic carbocycles. The Kier molecular flexibility index (Phi) is 3.97. The molecular formula is C13H19ClFN3. The molecule has 0 aromatic heterocycles. The van der Waals surface area contributed by atoms with Crippen LogP contribution < -0.4 is 11.1 Å². The summed E-state index contributed by atoms with van der Waals surface area (Å²) in [5.74, 6) is -0.475. The summed E-state index contributed by atoms with van der Waals surface area (Å²) in [7, 11) is 2.13. The van der Waals surface area contributed by atoms with E-state index in [1.54, 1.807) is 6.07 Å². The van der Waals surface area contributed by atoms with Crippen LogP contribution in [0.2, 0.25) is 5.02 Å². The SMILES string of the molecule is CC1CC(Nc2cc(Cl)c(F)cc2N)CCN1C. The van der Waals surface area contributed by atoms with Gasteiger partial charge in [-0.25, -0.2) is 4.39 Å². The predicted molar refractivity (Wildman–Crippen MR) is 74.6 cm³/mol. The molecule has 0 spiro atoms. The zero-order chi connectivity index (χ0) is 13.3. The standard InChI is InChI=1S/C13H19ClFN3/c1-8-5-9(3-4-18(8)2)17-13-6-10(14)11(15)7-12(13)16/h6-9,17H,3-5,16H2,1-2H3. The summed E-state index contributed by atoms with van der Waals surface area (Å²) in [4.78, 5) is 2.33. The first kappa shape index (κ1) is 13.4. The van der Waals surface area contributed by atoms with Crippen LogP contribution in [0, 0.1) is 5.82 Å². The fourth-order valence-electron chi connectivity index (χ4n) is 2.33. The normalized spacial score (nSPS) is 25.1. The number of piperidine rings is 1. The molecule has 3 nitrogen and oxygen atoms in total. The maximum Gasteiger partial charge on any atom is 0.143 e. The molecule has 2 unspecified atom stereocenters. The number of likely N-dealkylation sites (tertiary alicyclic amines) is 1. The second-order valence-corrected chi connectivity index (χ2v) is 5.46. The Morgan fingerprint density at radius 1 is 1.50 bits per heavy atom. The zero-order valence-electron chi connectivity index (χ0n) is 10.7. The van der Waals surface area contributed by atoms with Crippen LogP contribution in [0.3, 0.4) is 0 Å². The third kappa shape index (κ3) is 2.87. The number of nitrogens with zero attached hydrogens (tertiary/aromatic N) is 1. The lowest BCUT2D eigenvalue weighted by Gasteiger charge is -2.36. The van der Waals surface area contributed by atoms with Crippen molar-refractivity contribution in [3.63, 3.8) is 0 Å². The van der Waals surface area contributed by atoms with Crippen LogP contribution >= 0.6 is 11.6 Å². The largest absolute Gasteiger partial charge is 0.397 e. The van der Waals surface area contributed by atoms with Crippen molar-refractivity contribution < 1.29 is 4.39 Å². The minimum atomic E-state index is -0.475. The third-order valence-corrected chi connectivity index (χ3v) is 3.95. The molecule has 0 bridgehead atoms. The van der Waals surface area contributed by atoms with Gasteiger partial charge < -0.3 is 16.0 Å². The molecule has 1 heterocycles. The number of rotatable bonds is 2. The van der Waals surface area contributed by atoms with E-state index in [4.69, 9.17) is 17.3 Å². The Hall–Kier alpha value is -1.00. The number of anilines is 2. The van der Waals surface area contributed by atoms with Crippen LogP contribution in [0.4, 0.5) is 15.8 Å². The van der Waals surface area contributed by atoms with Gasteiger partial charge in [-0.05, 0) is 32.9 Å². The van der Waals surface area contributed by atoms with Gasteiger partial charge in [-0.3, -0.25) is 0 Å². The molecule has 1 aliphatic rings. The molecule has 1 aliphatic heterocycles. The first-order valence-electron chi connectivity index (χ1n) is 6.18. The predicted octanol–water partition coefficient (Wildman–Crippen LogP) is 2.96. The molecular weight excluding hydrogens is 253 g/mol. The van der Waals surface area contributed by atoms with E-state index in [-0.39, 0.29) is 5.02 Å². The van der Waals surface area contributed by atoms with Crippen LogP contribution in [0.1, 0.15) is 19.8 Å². The van der Waals surface area contributed by atoms with Gasteiger partial charge in [-0.15, -0.1) is 0 Å². The Bertz CT molecular complexity index is 438. The van der Waals surface area contributed by atoms with Gasteiger partial charge in [-0.1, -0.05) is 11.6 Å². The van der Waals surface area contributed by atoms with E-state index in [1.165, 1.54) is 6.07 Å². The smallest absolute Gasteiger partial charge is 0.143 e. The molecule has 18 heavy (non-hydrogen) atoms. The van der Waals surface area contributed by atoms with Gasteiger partial charge in [0, 0.05) is 24.7 Å². The lowest BCUT2D eigenvalue weighted by Crippen LogP contribution is -2.42. The number of hydrogen-bond acceptors (Lipinski definition) is 3. The second kappa shape index (κ2) is 5.33. The topological polar surface area (TPSA) is 41.3 Å². The Morgan fingerprint density at radius 3 is 2.89 bits per heavy atom. The van der Waals surface area contributed by atoms with E-state index in [9.17, 15) is 4.39 Å². The van der Waals surface area contributed by atoms with Crippen LogP contribution in [0.15, 0.2) is 12.1 Å². The summed E-state index contributed by atoms with van der Waals surface area (Å²) < 4.78 is 13.2. The average molecular weight is 272 g/mol. The molecule has 1 aromatic rings. The number of halogens is 2. The molecule has 0 amide bonds. The van der Waals surface area contributed by atoms with Gasteiger partial charge >= 0.3 is 0 Å². The number of benzene rings is 1. The van der Waals surface area contributed by atoms with E-state index in [0.717, 1.165) is 25.1 Å². The fraction of sp³-hybridized carbons (Fsp3) is 0.538. The van der Waals surface area contributed by atoms with Gasteiger partial charge in [-0.2, -0.15) is 0 Å². The van der Waals surface area contributed by atoms with E-state index >= 15 is 0 Å². The Labute approximate surface area is 112 Å². The summed E-state index contributed by atoms with van der Waals surface area (Å²) >= 11 is 5.78. The highest BCUT2D eigenvalue weighted by Crippen LogP contribution is 2.28. The minimum absolute atomic E-state index is 0.104. The van der Waals surface area contributed by atoms with Crippen LogP contribution in [-0.4, -0.2) is 30.6 Å². The maximum absolute atomic E-state index is 13.2. The number of nitrogens with one attached hydrogen (secondary N) is 1. The van der Waals surface area contributed by atoms with Crippen LogP contribution in [0.5, 0.6) is 0 Å². The average Bonchev–Trinajstić information content (AvgIpc) is 2.31. The number of nitrogens with two attached hydrogens (primary N) is 1. The molecule has 100 valence electrons. The summed E-state index contributed by atoms with van der Waals surface area (Å²) in [5, 5.41) is 3.47. The lowest BCUT2D eigenvalue weighted by molar-refractivity contribution is 0.190. The molecule has 1 fully saturated rings. The Balaban J connectivity index is 2.08. The van der Waals surface area contributed by atoms with Crippen molar-refractivity contribution in [2.75, 3.05) is 24.6 Å². The van der Waals surface area contributed by atoms with Crippen molar-refractivity contribution in [1.29, 1.82) is 0 Å². The monoisotopic (exact) mass is 271 g/mol. The van der Waals surface area contributed by atoms with Crippen molar-refractivity contribution in [2.24, 2.45) is 0 Å². The highest BCUT2D eigenvalue weighted by atomic mass is 35.5. The number of nitrogen functional groups attached to an aromatic ring is 1. The van der Waals surface area contributed by atoms with Crippen molar-refractivity contribution in [2.45, 2.75) is 31.8 Å². The van der Waals surface area contributed by atoms with Crippen molar-refractivity contribution in [3.8, 4) is 0 Å². The molecule has 0 saturated carbocycles. The lowest BCUT2D eigenvalue weighted by atomic mass is 9.98. The molecule has 2 atom stereocenters. The van der Waals surface area contributed by atoms with Crippen LogP contribution in [-0.2, 0) is 0 Å². The van der Waals surface area contributed by atoms with Crippen molar-refractivity contribution in [3.05, 3.63) is 23.0 Å². The molecule has 0 radical (unpaired) electrons. The van der Waals surface area contributed by atoms with Crippen LogP contribution in [0.25, 0.3) is 0 Å². The van der Waals surface area contributed by atoms with Gasteiger partial charge in [0.15, 0.2) is 0 Å². The molecule has 1 aromatic carbocycles. The fourth-order valence-corrected chi connectivity index (χ4v) is 2.49. The second-order valence-electron chi connectivity index (χ2n) is 5.05. The van der Waals surface area contributed by atoms with Gasteiger partial charge in [0.25, 0.3) is 0 Å². The quantitative estimate of drug-likeness (QED) is 0.813. The first-order chi connectivity index (χ1) is 8.47. The van der Waals surface area contributed by atoms with Crippen molar-refractivity contribution >= 4 is 23.0 Å². The molecule has 3 N–H and O–H groups in total. The van der Waals surface area contributed by atoms with Crippen molar-refractivity contribution in [1.82, 2.24) is 4.90 Å². The maximum atomic E-state index is 13.2. The molecule has 2 rings (SSSR count). The summed E-state index contributed by atoms with van der Waals surface area (Å²) in [5.41, 5.74) is 6.93. The van der Waals surface area contributed by atoms with Gasteiger partial charge in [0.05, 0.1) is 16.4 Å². The van der Waals surface area contributed by atoms with E-state index in [2.05, 4.69) is 24.2 Å².